The Balaban J connectivity index is 0.00000512. The smallest absolute Gasteiger partial charge is 0.401 e. The van der Waals surface area contributed by atoms with E-state index >= 15 is 0 Å². The maximum atomic E-state index is 12.4. The van der Waals surface area contributed by atoms with Crippen LogP contribution >= 0.6 is 24.0 Å². The predicted octanol–water partition coefficient (Wildman–Crippen LogP) is 2.74. The van der Waals surface area contributed by atoms with Gasteiger partial charge in [0.15, 0.2) is 5.96 Å². The van der Waals surface area contributed by atoms with Crippen molar-refractivity contribution in [2.45, 2.75) is 18.6 Å². The summed E-state index contributed by atoms with van der Waals surface area (Å²) in [5.41, 5.74) is 1.17. The largest absolute Gasteiger partial charge is 0.497 e. The Labute approximate surface area is 205 Å². The average Bonchev–Trinajstić information content (AvgIpc) is 2.75. The third-order valence-corrected chi connectivity index (χ3v) is 5.13. The van der Waals surface area contributed by atoms with Crippen LogP contribution in [-0.4, -0.2) is 95.6 Å². The molecule has 11 heteroatoms. The van der Waals surface area contributed by atoms with Gasteiger partial charge < -0.3 is 20.1 Å². The molecule has 0 aromatic heterocycles. The van der Waals surface area contributed by atoms with Crippen LogP contribution in [0.4, 0.5) is 13.2 Å². The third-order valence-electron chi connectivity index (χ3n) is 5.13. The minimum atomic E-state index is -4.17. The summed E-state index contributed by atoms with van der Waals surface area (Å²) in [7, 11) is 4.80. The summed E-state index contributed by atoms with van der Waals surface area (Å²) >= 11 is 0. The number of methoxy groups -OCH3 is 1. The number of benzene rings is 1. The zero-order chi connectivity index (χ0) is 22.7. The number of morpholine rings is 1. The van der Waals surface area contributed by atoms with Crippen LogP contribution in [0.15, 0.2) is 29.3 Å². The topological polar surface area (TPSA) is 61.4 Å². The maximum absolute atomic E-state index is 12.4. The van der Waals surface area contributed by atoms with E-state index in [1.54, 1.807) is 14.2 Å². The van der Waals surface area contributed by atoms with Crippen LogP contribution in [0.2, 0.25) is 0 Å². The van der Waals surface area contributed by atoms with Crippen molar-refractivity contribution < 1.29 is 22.6 Å². The standard InChI is InChI=1S/C21H34F3N5O2.HI/c1-25-20(26-9-4-10-28(2)16-21(22,23)24)27-15-19(29-11-13-31-14-12-29)17-5-7-18(30-3)8-6-17;/h5-8,19H,4,9-16H2,1-3H3,(H2,25,26,27);1H. The van der Waals surface area contributed by atoms with Crippen molar-refractivity contribution in [2.75, 3.05) is 73.7 Å². The van der Waals surface area contributed by atoms with Crippen molar-refractivity contribution in [1.82, 2.24) is 20.4 Å². The van der Waals surface area contributed by atoms with Gasteiger partial charge in [0.05, 0.1) is 32.9 Å². The minimum absolute atomic E-state index is 0. The second kappa shape index (κ2) is 14.8. The van der Waals surface area contributed by atoms with E-state index in [2.05, 4.69) is 32.7 Å². The van der Waals surface area contributed by atoms with Gasteiger partial charge >= 0.3 is 6.18 Å². The van der Waals surface area contributed by atoms with Crippen LogP contribution in [0.3, 0.4) is 0 Å². The molecule has 1 aliphatic rings. The van der Waals surface area contributed by atoms with Crippen LogP contribution in [0.5, 0.6) is 5.75 Å². The second-order valence-electron chi connectivity index (χ2n) is 7.52. The van der Waals surface area contributed by atoms with Gasteiger partial charge in [-0.05, 0) is 37.7 Å². The van der Waals surface area contributed by atoms with Crippen LogP contribution in [0.25, 0.3) is 0 Å². The zero-order valence-electron chi connectivity index (χ0n) is 19.0. The van der Waals surface area contributed by atoms with Crippen molar-refractivity contribution in [2.24, 2.45) is 4.99 Å². The number of nitrogens with one attached hydrogen (secondary N) is 2. The molecular weight excluding hydrogens is 538 g/mol. The lowest BCUT2D eigenvalue weighted by molar-refractivity contribution is -0.143. The number of aliphatic imine (C=N–C) groups is 1. The molecule has 1 atom stereocenters. The number of rotatable bonds is 10. The molecule has 0 aliphatic carbocycles. The van der Waals surface area contributed by atoms with Crippen molar-refractivity contribution >= 4 is 29.9 Å². The monoisotopic (exact) mass is 573 g/mol. The van der Waals surface area contributed by atoms with Gasteiger partial charge in [-0.2, -0.15) is 13.2 Å². The molecule has 1 aromatic carbocycles. The molecular formula is C21H35F3IN5O2. The van der Waals surface area contributed by atoms with Gasteiger partial charge in [0, 0.05) is 33.2 Å². The molecule has 1 heterocycles. The third kappa shape index (κ3) is 10.5. The molecule has 7 nitrogen and oxygen atoms in total. The Morgan fingerprint density at radius 3 is 2.44 bits per heavy atom. The summed E-state index contributed by atoms with van der Waals surface area (Å²) in [4.78, 5) is 7.89. The Kier molecular flexibility index (Phi) is 13.2. The summed E-state index contributed by atoms with van der Waals surface area (Å²) in [6, 6.07) is 8.16. The molecule has 1 unspecified atom stereocenters. The molecule has 0 spiro atoms. The normalized spacial score (nSPS) is 16.4. The SMILES string of the molecule is CN=C(NCCCN(C)CC(F)(F)F)NCC(c1ccc(OC)cc1)N1CCOCC1.I. The molecule has 0 saturated carbocycles. The van der Waals surface area contributed by atoms with Gasteiger partial charge in [-0.15, -0.1) is 24.0 Å². The lowest BCUT2D eigenvalue weighted by Gasteiger charge is -2.35. The number of ether oxygens (including phenoxy) is 2. The average molecular weight is 573 g/mol. The quantitative estimate of drug-likeness (QED) is 0.195. The number of halogens is 4. The molecule has 32 heavy (non-hydrogen) atoms. The Morgan fingerprint density at radius 1 is 1.22 bits per heavy atom. The fourth-order valence-corrected chi connectivity index (χ4v) is 3.53. The first kappa shape index (κ1) is 28.7. The summed E-state index contributed by atoms with van der Waals surface area (Å²) in [5, 5.41) is 6.54. The van der Waals surface area contributed by atoms with Gasteiger partial charge in [0.1, 0.15) is 5.75 Å². The van der Waals surface area contributed by atoms with Crippen LogP contribution in [0.1, 0.15) is 18.0 Å². The molecule has 0 bridgehead atoms. The number of hydrogen-bond acceptors (Lipinski definition) is 5. The lowest BCUT2D eigenvalue weighted by atomic mass is 10.0. The Hall–Kier alpha value is -1.31. The van der Waals surface area contributed by atoms with E-state index in [0.717, 1.165) is 18.8 Å². The summed E-state index contributed by atoms with van der Waals surface area (Å²) in [6.45, 7) is 3.71. The van der Waals surface area contributed by atoms with E-state index in [-0.39, 0.29) is 30.0 Å². The van der Waals surface area contributed by atoms with Crippen LogP contribution in [-0.2, 0) is 4.74 Å². The highest BCUT2D eigenvalue weighted by molar-refractivity contribution is 14.0. The van der Waals surface area contributed by atoms with E-state index < -0.39 is 12.7 Å². The molecule has 184 valence electrons. The Bertz CT molecular complexity index is 670. The van der Waals surface area contributed by atoms with Crippen molar-refractivity contribution in [3.05, 3.63) is 29.8 Å². The highest BCUT2D eigenvalue weighted by Crippen LogP contribution is 2.23. The minimum Gasteiger partial charge on any atom is -0.497 e. The summed E-state index contributed by atoms with van der Waals surface area (Å²) in [5.74, 6) is 1.44. The van der Waals surface area contributed by atoms with E-state index in [9.17, 15) is 13.2 Å². The number of hydrogen-bond donors (Lipinski definition) is 2. The molecule has 2 N–H and O–H groups in total. The second-order valence-corrected chi connectivity index (χ2v) is 7.52. The number of guanidine groups is 1. The van der Waals surface area contributed by atoms with Gasteiger partial charge in [-0.1, -0.05) is 12.1 Å². The highest BCUT2D eigenvalue weighted by Gasteiger charge is 2.28. The molecule has 1 aliphatic heterocycles. The van der Waals surface area contributed by atoms with Gasteiger partial charge in [-0.25, -0.2) is 0 Å². The van der Waals surface area contributed by atoms with Crippen molar-refractivity contribution in [1.29, 1.82) is 0 Å². The summed E-state index contributed by atoms with van der Waals surface area (Å²) < 4.78 is 48.0. The first-order valence-corrected chi connectivity index (χ1v) is 10.5. The zero-order valence-corrected chi connectivity index (χ0v) is 21.3. The number of nitrogens with zero attached hydrogens (tertiary/aromatic N) is 3. The number of alkyl halides is 3. The molecule has 1 aromatic rings. The van der Waals surface area contributed by atoms with Gasteiger partial charge in [0.25, 0.3) is 0 Å². The molecule has 1 saturated heterocycles. The van der Waals surface area contributed by atoms with E-state index in [4.69, 9.17) is 9.47 Å². The van der Waals surface area contributed by atoms with Crippen molar-refractivity contribution in [3.63, 3.8) is 0 Å². The van der Waals surface area contributed by atoms with Gasteiger partial charge in [-0.3, -0.25) is 14.8 Å². The van der Waals surface area contributed by atoms with Crippen molar-refractivity contribution in [3.8, 4) is 5.75 Å². The lowest BCUT2D eigenvalue weighted by Crippen LogP contribution is -2.46. The molecule has 0 amide bonds. The van der Waals surface area contributed by atoms with E-state index in [1.165, 1.54) is 17.5 Å². The van der Waals surface area contributed by atoms with Crippen LogP contribution < -0.4 is 15.4 Å². The van der Waals surface area contributed by atoms with Gasteiger partial charge in [0.2, 0.25) is 0 Å². The fourth-order valence-electron chi connectivity index (χ4n) is 3.53. The maximum Gasteiger partial charge on any atom is 0.401 e. The Morgan fingerprint density at radius 2 is 1.88 bits per heavy atom. The van der Waals surface area contributed by atoms with E-state index in [1.807, 2.05) is 12.1 Å². The molecule has 2 rings (SSSR count). The molecule has 0 radical (unpaired) electrons. The first-order chi connectivity index (χ1) is 14.8. The predicted molar refractivity (Wildman–Crippen MR) is 131 cm³/mol. The summed E-state index contributed by atoms with van der Waals surface area (Å²) in [6.07, 6.45) is -3.59. The fraction of sp³-hybridized carbons (Fsp3) is 0.667. The highest BCUT2D eigenvalue weighted by atomic mass is 127. The van der Waals surface area contributed by atoms with Crippen LogP contribution in [0, 0.1) is 0 Å². The first-order valence-electron chi connectivity index (χ1n) is 10.5. The van der Waals surface area contributed by atoms with E-state index in [0.29, 0.717) is 45.2 Å². The molecule has 1 fully saturated rings.